The number of nitrogen functional groups attached to an aromatic ring is 1. The summed E-state index contributed by atoms with van der Waals surface area (Å²) in [5, 5.41) is 3.39. The minimum Gasteiger partial charge on any atom is -0.381 e. The number of anilines is 2. The van der Waals surface area contributed by atoms with E-state index in [1.54, 1.807) is 6.20 Å². The molecule has 0 radical (unpaired) electrons. The number of halogens is 1. The van der Waals surface area contributed by atoms with Crippen LogP contribution in [0.2, 0.25) is 0 Å². The number of benzene rings is 2. The van der Waals surface area contributed by atoms with Crippen LogP contribution in [-0.2, 0) is 0 Å². The highest BCUT2D eigenvalue weighted by molar-refractivity contribution is 9.10. The second kappa shape index (κ2) is 6.58. The van der Waals surface area contributed by atoms with Crippen LogP contribution >= 0.6 is 15.9 Å². The largest absolute Gasteiger partial charge is 0.381 e. The van der Waals surface area contributed by atoms with E-state index in [0.717, 1.165) is 11.1 Å². The van der Waals surface area contributed by atoms with Gasteiger partial charge in [0.1, 0.15) is 4.60 Å². The summed E-state index contributed by atoms with van der Waals surface area (Å²) in [7, 11) is 0. The van der Waals surface area contributed by atoms with Gasteiger partial charge >= 0.3 is 0 Å². The molecule has 3 rings (SSSR count). The second-order valence-electron chi connectivity index (χ2n) is 4.83. The molecule has 0 saturated heterocycles. The molecule has 0 fully saturated rings. The van der Waals surface area contributed by atoms with E-state index in [1.807, 2.05) is 36.4 Å². The fourth-order valence-electron chi connectivity index (χ4n) is 2.27. The Bertz CT molecular complexity index is 708. The Morgan fingerprint density at radius 1 is 0.909 bits per heavy atom. The molecule has 3 aromatic rings. The van der Waals surface area contributed by atoms with E-state index in [1.165, 1.54) is 0 Å². The van der Waals surface area contributed by atoms with Crippen molar-refractivity contribution in [3.8, 4) is 0 Å². The fourth-order valence-corrected chi connectivity index (χ4v) is 2.55. The second-order valence-corrected chi connectivity index (χ2v) is 5.64. The van der Waals surface area contributed by atoms with Crippen LogP contribution in [0.15, 0.2) is 71.5 Å². The third kappa shape index (κ3) is 3.26. The zero-order valence-corrected chi connectivity index (χ0v) is 13.4. The third-order valence-electron chi connectivity index (χ3n) is 3.32. The lowest BCUT2D eigenvalue weighted by Crippen LogP contribution is -2.15. The maximum absolute atomic E-state index is 5.94. The minimum absolute atomic E-state index is 0.0479. The van der Waals surface area contributed by atoms with Crippen molar-refractivity contribution in [3.05, 3.63) is 82.6 Å². The van der Waals surface area contributed by atoms with Gasteiger partial charge in [0.15, 0.2) is 11.6 Å². The number of aromatic nitrogens is 2. The number of hydrogen-bond donors (Lipinski definition) is 2. The molecule has 1 aromatic heterocycles. The van der Waals surface area contributed by atoms with Gasteiger partial charge in [-0.25, -0.2) is 9.97 Å². The van der Waals surface area contributed by atoms with Gasteiger partial charge in [0.2, 0.25) is 0 Å². The molecular formula is C17H15BrN4. The molecule has 0 aliphatic heterocycles. The summed E-state index contributed by atoms with van der Waals surface area (Å²) >= 11 is 3.33. The van der Waals surface area contributed by atoms with Gasteiger partial charge in [0, 0.05) is 0 Å². The predicted octanol–water partition coefficient (Wildman–Crippen LogP) is 4.02. The van der Waals surface area contributed by atoms with Gasteiger partial charge in [-0.2, -0.15) is 0 Å². The van der Waals surface area contributed by atoms with Crippen molar-refractivity contribution in [2.45, 2.75) is 6.04 Å². The monoisotopic (exact) mass is 354 g/mol. The molecule has 0 atom stereocenters. The molecule has 0 spiro atoms. The van der Waals surface area contributed by atoms with Crippen LogP contribution in [-0.4, -0.2) is 9.97 Å². The van der Waals surface area contributed by atoms with Gasteiger partial charge in [0.25, 0.3) is 0 Å². The Balaban J connectivity index is 2.01. The Kier molecular flexibility index (Phi) is 4.34. The molecule has 2 aromatic carbocycles. The Labute approximate surface area is 137 Å². The molecule has 0 unspecified atom stereocenters. The van der Waals surface area contributed by atoms with Crippen LogP contribution in [0.5, 0.6) is 0 Å². The lowest BCUT2D eigenvalue weighted by atomic mass is 9.99. The van der Waals surface area contributed by atoms with E-state index >= 15 is 0 Å². The van der Waals surface area contributed by atoms with E-state index in [-0.39, 0.29) is 6.04 Å². The topological polar surface area (TPSA) is 63.8 Å². The highest BCUT2D eigenvalue weighted by Gasteiger charge is 2.16. The summed E-state index contributed by atoms with van der Waals surface area (Å²) < 4.78 is 0.643. The van der Waals surface area contributed by atoms with Crippen LogP contribution in [0, 0.1) is 0 Å². The molecule has 0 amide bonds. The molecule has 1 heterocycles. The van der Waals surface area contributed by atoms with E-state index in [2.05, 4.69) is 55.5 Å². The van der Waals surface area contributed by atoms with Gasteiger partial charge in [-0.1, -0.05) is 60.7 Å². The molecule has 5 heteroatoms. The lowest BCUT2D eigenvalue weighted by molar-refractivity contribution is 0.921. The van der Waals surface area contributed by atoms with Gasteiger partial charge in [-0.05, 0) is 27.1 Å². The van der Waals surface area contributed by atoms with Crippen LogP contribution in [0.3, 0.4) is 0 Å². The number of hydrogen-bond acceptors (Lipinski definition) is 4. The molecule has 0 bridgehead atoms. The summed E-state index contributed by atoms with van der Waals surface area (Å²) in [5.41, 5.74) is 8.21. The molecule has 4 nitrogen and oxygen atoms in total. The SMILES string of the molecule is Nc1ncc(Br)nc1NC(c1ccccc1)c1ccccc1. The molecule has 0 aliphatic carbocycles. The normalized spacial score (nSPS) is 10.6. The maximum atomic E-state index is 5.94. The fraction of sp³-hybridized carbons (Fsp3) is 0.0588. The predicted molar refractivity (Wildman–Crippen MR) is 92.5 cm³/mol. The van der Waals surface area contributed by atoms with E-state index in [0.29, 0.717) is 16.2 Å². The molecule has 3 N–H and O–H groups in total. The third-order valence-corrected chi connectivity index (χ3v) is 3.70. The quantitative estimate of drug-likeness (QED) is 0.742. The first-order valence-corrected chi connectivity index (χ1v) is 7.68. The summed E-state index contributed by atoms with van der Waals surface area (Å²) in [6, 6.07) is 20.3. The van der Waals surface area contributed by atoms with E-state index in [9.17, 15) is 0 Å². The zero-order chi connectivity index (χ0) is 15.4. The van der Waals surface area contributed by atoms with Crippen LogP contribution in [0.1, 0.15) is 17.2 Å². The van der Waals surface area contributed by atoms with Gasteiger partial charge in [-0.15, -0.1) is 0 Å². The van der Waals surface area contributed by atoms with Crippen molar-refractivity contribution in [1.82, 2.24) is 9.97 Å². The number of nitrogens with two attached hydrogens (primary N) is 1. The first-order valence-electron chi connectivity index (χ1n) is 6.88. The first kappa shape index (κ1) is 14.5. The van der Waals surface area contributed by atoms with Crippen LogP contribution in [0.4, 0.5) is 11.6 Å². The molecular weight excluding hydrogens is 340 g/mol. The smallest absolute Gasteiger partial charge is 0.170 e. The molecule has 110 valence electrons. The van der Waals surface area contributed by atoms with Gasteiger partial charge in [0.05, 0.1) is 12.2 Å². The summed E-state index contributed by atoms with van der Waals surface area (Å²) in [5.74, 6) is 0.937. The lowest BCUT2D eigenvalue weighted by Gasteiger charge is -2.21. The molecule has 0 aliphatic rings. The number of rotatable bonds is 4. The van der Waals surface area contributed by atoms with Crippen molar-refractivity contribution in [2.24, 2.45) is 0 Å². The zero-order valence-electron chi connectivity index (χ0n) is 11.8. The summed E-state index contributed by atoms with van der Waals surface area (Å²) in [4.78, 5) is 8.51. The number of nitrogens with zero attached hydrogens (tertiary/aromatic N) is 2. The summed E-state index contributed by atoms with van der Waals surface area (Å²) in [6.07, 6.45) is 1.58. The molecule has 22 heavy (non-hydrogen) atoms. The van der Waals surface area contributed by atoms with E-state index < -0.39 is 0 Å². The Morgan fingerprint density at radius 3 is 2.00 bits per heavy atom. The van der Waals surface area contributed by atoms with Crippen molar-refractivity contribution in [2.75, 3.05) is 11.1 Å². The van der Waals surface area contributed by atoms with E-state index in [4.69, 9.17) is 5.73 Å². The first-order chi connectivity index (χ1) is 10.7. The molecule has 0 saturated carbocycles. The highest BCUT2D eigenvalue weighted by Crippen LogP contribution is 2.28. The van der Waals surface area contributed by atoms with Crippen LogP contribution in [0.25, 0.3) is 0 Å². The Morgan fingerprint density at radius 2 is 1.45 bits per heavy atom. The maximum Gasteiger partial charge on any atom is 0.170 e. The standard InChI is InChI=1S/C17H15BrN4/c18-14-11-20-16(19)17(21-14)22-15(12-7-3-1-4-8-12)13-9-5-2-6-10-13/h1-11,15H,(H2,19,20)(H,21,22). The van der Waals surface area contributed by atoms with Crippen molar-refractivity contribution < 1.29 is 0 Å². The average molecular weight is 355 g/mol. The minimum atomic E-state index is -0.0479. The average Bonchev–Trinajstić information content (AvgIpc) is 2.57. The van der Waals surface area contributed by atoms with Gasteiger partial charge < -0.3 is 11.1 Å². The highest BCUT2D eigenvalue weighted by atomic mass is 79.9. The van der Waals surface area contributed by atoms with Crippen molar-refractivity contribution in [3.63, 3.8) is 0 Å². The van der Waals surface area contributed by atoms with Gasteiger partial charge in [-0.3, -0.25) is 0 Å². The van der Waals surface area contributed by atoms with Crippen LogP contribution < -0.4 is 11.1 Å². The van der Waals surface area contributed by atoms with Crippen molar-refractivity contribution in [1.29, 1.82) is 0 Å². The summed E-state index contributed by atoms with van der Waals surface area (Å²) in [6.45, 7) is 0. The van der Waals surface area contributed by atoms with Crippen molar-refractivity contribution >= 4 is 27.6 Å². The Hall–Kier alpha value is -2.40. The number of nitrogens with one attached hydrogen (secondary N) is 1.